The van der Waals surface area contributed by atoms with Crippen molar-refractivity contribution in [2.24, 2.45) is 7.05 Å². The van der Waals surface area contributed by atoms with Crippen molar-refractivity contribution in [1.29, 1.82) is 0 Å². The number of hydrogen-bond acceptors (Lipinski definition) is 8. The highest BCUT2D eigenvalue weighted by atomic mass is 32.2. The Morgan fingerprint density at radius 3 is 1.93 bits per heavy atom. The molecule has 0 spiro atoms. The van der Waals surface area contributed by atoms with Gasteiger partial charge < -0.3 is 19.3 Å². The van der Waals surface area contributed by atoms with Crippen LogP contribution in [0.3, 0.4) is 0 Å². The van der Waals surface area contributed by atoms with Gasteiger partial charge in [-0.25, -0.2) is 23.4 Å². The minimum absolute atomic E-state index is 0.116. The Morgan fingerprint density at radius 1 is 0.862 bits per heavy atom. The second kappa shape index (κ2) is 7.88. The SMILES string of the molecule is Cc1nc(S(=O)(=O)N2CCN(c3cc(N4CCN(C)CC4)ncn3)CC2)cn1C. The second-order valence-electron chi connectivity index (χ2n) is 7.65. The van der Waals surface area contributed by atoms with Crippen molar-refractivity contribution in [2.45, 2.75) is 11.9 Å². The highest BCUT2D eigenvalue weighted by Gasteiger charge is 2.31. The highest BCUT2D eigenvalue weighted by Crippen LogP contribution is 2.22. The third-order valence-electron chi connectivity index (χ3n) is 5.72. The molecule has 2 aliphatic rings. The molecule has 4 rings (SSSR count). The van der Waals surface area contributed by atoms with Crippen molar-refractivity contribution >= 4 is 21.7 Å². The number of nitrogens with zero attached hydrogens (tertiary/aromatic N) is 8. The van der Waals surface area contributed by atoms with Crippen LogP contribution in [-0.2, 0) is 17.1 Å². The number of imidazole rings is 1. The van der Waals surface area contributed by atoms with Gasteiger partial charge in [0.15, 0.2) is 5.03 Å². The standard InChI is InChI=1S/C18H28N8O2S/c1-15-21-18(13-23(15)3)29(27,28)26-10-8-25(9-11-26)17-12-16(19-14-20-17)24-6-4-22(2)5-7-24/h12-14H,4-11H2,1-3H3. The summed E-state index contributed by atoms with van der Waals surface area (Å²) in [5.41, 5.74) is 0. The lowest BCUT2D eigenvalue weighted by molar-refractivity contribution is 0.312. The lowest BCUT2D eigenvalue weighted by atomic mass is 10.3. The van der Waals surface area contributed by atoms with E-state index in [0.29, 0.717) is 32.0 Å². The monoisotopic (exact) mass is 420 g/mol. The van der Waals surface area contributed by atoms with Crippen molar-refractivity contribution in [3.05, 3.63) is 24.4 Å². The summed E-state index contributed by atoms with van der Waals surface area (Å²) >= 11 is 0. The first-order valence-corrected chi connectivity index (χ1v) is 11.3. The minimum atomic E-state index is -3.57. The van der Waals surface area contributed by atoms with Crippen LogP contribution in [0.1, 0.15) is 5.82 Å². The largest absolute Gasteiger partial charge is 0.354 e. The van der Waals surface area contributed by atoms with Crippen LogP contribution in [-0.4, -0.2) is 96.5 Å². The summed E-state index contributed by atoms with van der Waals surface area (Å²) < 4.78 is 29.0. The first-order valence-electron chi connectivity index (χ1n) is 9.85. The molecule has 2 aromatic heterocycles. The first kappa shape index (κ1) is 20.0. The molecule has 2 aromatic rings. The average Bonchev–Trinajstić information content (AvgIpc) is 3.08. The maximum absolute atomic E-state index is 12.9. The van der Waals surface area contributed by atoms with E-state index in [0.717, 1.165) is 37.8 Å². The van der Waals surface area contributed by atoms with E-state index in [1.807, 2.05) is 6.07 Å². The molecule has 10 nitrogen and oxygen atoms in total. The van der Waals surface area contributed by atoms with Crippen LogP contribution in [0.15, 0.2) is 23.6 Å². The molecule has 0 atom stereocenters. The zero-order valence-corrected chi connectivity index (χ0v) is 18.0. The summed E-state index contributed by atoms with van der Waals surface area (Å²) in [6.07, 6.45) is 3.17. The molecular formula is C18H28N8O2S. The van der Waals surface area contributed by atoms with Gasteiger partial charge in [0.1, 0.15) is 23.8 Å². The van der Waals surface area contributed by atoms with E-state index >= 15 is 0 Å². The van der Waals surface area contributed by atoms with E-state index in [1.165, 1.54) is 4.31 Å². The van der Waals surface area contributed by atoms with Gasteiger partial charge in [0, 0.05) is 71.7 Å². The number of rotatable bonds is 4. The van der Waals surface area contributed by atoms with E-state index in [-0.39, 0.29) is 5.03 Å². The van der Waals surface area contributed by atoms with Crippen molar-refractivity contribution in [3.8, 4) is 0 Å². The highest BCUT2D eigenvalue weighted by molar-refractivity contribution is 7.89. The summed E-state index contributed by atoms with van der Waals surface area (Å²) in [5.74, 6) is 2.46. The topological polar surface area (TPSA) is 90.7 Å². The molecule has 2 aliphatic heterocycles. The third-order valence-corrected chi connectivity index (χ3v) is 7.49. The molecule has 11 heteroatoms. The number of aromatic nitrogens is 4. The number of sulfonamides is 1. The Labute approximate surface area is 171 Å². The molecule has 29 heavy (non-hydrogen) atoms. The van der Waals surface area contributed by atoms with Gasteiger partial charge in [-0.05, 0) is 14.0 Å². The van der Waals surface area contributed by atoms with Gasteiger partial charge in [0.25, 0.3) is 10.0 Å². The van der Waals surface area contributed by atoms with Crippen LogP contribution in [0.4, 0.5) is 11.6 Å². The molecule has 4 heterocycles. The maximum Gasteiger partial charge on any atom is 0.262 e. The van der Waals surface area contributed by atoms with Crippen molar-refractivity contribution in [3.63, 3.8) is 0 Å². The average molecular weight is 421 g/mol. The fourth-order valence-electron chi connectivity index (χ4n) is 3.66. The van der Waals surface area contributed by atoms with Crippen molar-refractivity contribution in [2.75, 3.05) is 69.2 Å². The minimum Gasteiger partial charge on any atom is -0.354 e. The molecule has 2 fully saturated rings. The fraction of sp³-hybridized carbons (Fsp3) is 0.611. The Bertz CT molecular complexity index is 940. The van der Waals surface area contributed by atoms with Gasteiger partial charge >= 0.3 is 0 Å². The van der Waals surface area contributed by atoms with E-state index in [2.05, 4.69) is 36.7 Å². The summed E-state index contributed by atoms with van der Waals surface area (Å²) in [7, 11) is 0.355. The zero-order chi connectivity index (χ0) is 20.6. The smallest absolute Gasteiger partial charge is 0.262 e. The molecule has 0 bridgehead atoms. The van der Waals surface area contributed by atoms with Crippen LogP contribution in [0.2, 0.25) is 0 Å². The molecule has 0 radical (unpaired) electrons. The first-order chi connectivity index (χ1) is 13.8. The number of hydrogen-bond donors (Lipinski definition) is 0. The number of aryl methyl sites for hydroxylation is 2. The Morgan fingerprint density at radius 2 is 1.41 bits per heavy atom. The summed E-state index contributed by atoms with van der Waals surface area (Å²) in [5, 5.41) is 0.116. The van der Waals surface area contributed by atoms with Gasteiger partial charge in [-0.1, -0.05) is 0 Å². The number of likely N-dealkylation sites (N-methyl/N-ethyl adjacent to an activating group) is 1. The molecule has 0 saturated carbocycles. The van der Waals surface area contributed by atoms with Gasteiger partial charge in [-0.15, -0.1) is 0 Å². The summed E-state index contributed by atoms with van der Waals surface area (Å²) in [6, 6.07) is 2.01. The summed E-state index contributed by atoms with van der Waals surface area (Å²) in [6.45, 7) is 7.72. The van der Waals surface area contributed by atoms with Crippen LogP contribution < -0.4 is 9.80 Å². The van der Waals surface area contributed by atoms with Crippen LogP contribution in [0.5, 0.6) is 0 Å². The predicted molar refractivity (Wildman–Crippen MR) is 111 cm³/mol. The Kier molecular flexibility index (Phi) is 5.45. The third kappa shape index (κ3) is 4.07. The van der Waals surface area contributed by atoms with E-state index < -0.39 is 10.0 Å². The Hall–Kier alpha value is -2.24. The van der Waals surface area contributed by atoms with E-state index in [1.54, 1.807) is 31.1 Å². The molecule has 0 aliphatic carbocycles. The number of anilines is 2. The van der Waals surface area contributed by atoms with Crippen molar-refractivity contribution in [1.82, 2.24) is 28.7 Å². The molecule has 0 aromatic carbocycles. The normalized spacial score (nSPS) is 19.7. The van der Waals surface area contributed by atoms with Crippen LogP contribution in [0.25, 0.3) is 0 Å². The molecule has 158 valence electrons. The van der Waals surface area contributed by atoms with Crippen LogP contribution >= 0.6 is 0 Å². The van der Waals surface area contributed by atoms with E-state index in [4.69, 9.17) is 0 Å². The quantitative estimate of drug-likeness (QED) is 0.671. The van der Waals surface area contributed by atoms with Gasteiger partial charge in [-0.3, -0.25) is 0 Å². The van der Waals surface area contributed by atoms with Crippen LogP contribution in [0, 0.1) is 6.92 Å². The zero-order valence-electron chi connectivity index (χ0n) is 17.2. The van der Waals surface area contributed by atoms with E-state index in [9.17, 15) is 8.42 Å². The van der Waals surface area contributed by atoms with Crippen molar-refractivity contribution < 1.29 is 8.42 Å². The maximum atomic E-state index is 12.9. The molecule has 0 unspecified atom stereocenters. The lowest BCUT2D eigenvalue weighted by Gasteiger charge is -2.35. The molecule has 2 saturated heterocycles. The molecule has 0 amide bonds. The predicted octanol–water partition coefficient (Wildman–Crippen LogP) is -0.219. The molecular weight excluding hydrogens is 392 g/mol. The van der Waals surface area contributed by atoms with Gasteiger partial charge in [0.05, 0.1) is 0 Å². The van der Waals surface area contributed by atoms with Gasteiger partial charge in [-0.2, -0.15) is 4.31 Å². The van der Waals surface area contributed by atoms with Gasteiger partial charge in [0.2, 0.25) is 0 Å². The lowest BCUT2D eigenvalue weighted by Crippen LogP contribution is -2.49. The molecule has 0 N–H and O–H groups in total. The Balaban J connectivity index is 1.43. The fourth-order valence-corrected chi connectivity index (χ4v) is 5.11. The second-order valence-corrected chi connectivity index (χ2v) is 9.54. The summed E-state index contributed by atoms with van der Waals surface area (Å²) in [4.78, 5) is 19.8. The number of piperazine rings is 2.